The second-order valence-electron chi connectivity index (χ2n) is 6.98. The summed E-state index contributed by atoms with van der Waals surface area (Å²) in [7, 11) is 0. The van der Waals surface area contributed by atoms with Gasteiger partial charge >= 0.3 is 0 Å². The van der Waals surface area contributed by atoms with Crippen molar-refractivity contribution in [2.75, 3.05) is 17.2 Å². The van der Waals surface area contributed by atoms with Crippen LogP contribution in [0, 0.1) is 6.92 Å². The number of para-hydroxylation sites is 1. The Bertz CT molecular complexity index is 1240. The highest BCUT2D eigenvalue weighted by atomic mass is 16.5. The second kappa shape index (κ2) is 8.75. The molecule has 2 amide bonds. The fourth-order valence-electron chi connectivity index (χ4n) is 3.33. The van der Waals surface area contributed by atoms with Gasteiger partial charge in [-0.1, -0.05) is 30.3 Å². The van der Waals surface area contributed by atoms with E-state index in [-0.39, 0.29) is 11.7 Å². The number of carbonyl (C=O) groups is 2. The summed E-state index contributed by atoms with van der Waals surface area (Å²) in [5.41, 5.74) is 2.82. The first-order chi connectivity index (χ1) is 15.1. The molecule has 0 bridgehead atoms. The minimum absolute atomic E-state index is 0.0389. The molecule has 2 N–H and O–H groups in total. The third kappa shape index (κ3) is 4.28. The van der Waals surface area contributed by atoms with Crippen LogP contribution in [-0.2, 0) is 0 Å². The zero-order chi connectivity index (χ0) is 21.8. The largest absolute Gasteiger partial charge is 0.494 e. The number of hydrogen-bond acceptors (Lipinski definition) is 4. The number of hydrogen-bond donors (Lipinski definition) is 2. The highest BCUT2D eigenvalue weighted by molar-refractivity contribution is 6.17. The molecule has 4 rings (SSSR count). The Morgan fingerprint density at radius 3 is 2.32 bits per heavy atom. The van der Waals surface area contributed by atoms with Crippen molar-refractivity contribution in [3.05, 3.63) is 89.7 Å². The Balaban J connectivity index is 1.65. The average molecular weight is 414 g/mol. The highest BCUT2D eigenvalue weighted by Crippen LogP contribution is 2.32. The van der Waals surface area contributed by atoms with Crippen LogP contribution in [0.1, 0.15) is 33.4 Å². The maximum absolute atomic E-state index is 13.0. The van der Waals surface area contributed by atoms with Crippen LogP contribution in [-0.4, -0.2) is 18.4 Å². The molecule has 1 aromatic heterocycles. The van der Waals surface area contributed by atoms with Gasteiger partial charge in [-0.2, -0.15) is 0 Å². The summed E-state index contributed by atoms with van der Waals surface area (Å²) in [6.07, 6.45) is 0. The number of nitrogens with one attached hydrogen (secondary N) is 2. The van der Waals surface area contributed by atoms with Crippen LogP contribution in [0.5, 0.6) is 5.75 Å². The maximum atomic E-state index is 13.0. The van der Waals surface area contributed by atoms with Crippen LogP contribution >= 0.6 is 0 Å². The lowest BCUT2D eigenvalue weighted by atomic mass is 10.1. The van der Waals surface area contributed by atoms with Gasteiger partial charge in [-0.25, -0.2) is 0 Å². The summed E-state index contributed by atoms with van der Waals surface area (Å²) in [4.78, 5) is 25.9. The number of furan rings is 1. The standard InChI is InChI=1S/C25H22N2O4/c1-3-30-18-14-12-17(13-15-18)26-25(29)23-22(20-10-6-7-11-21(20)31-23)27-24(28)19-9-5-4-8-16(19)2/h4-15H,3H2,1-2H3,(H,26,29)(H,27,28). The number of fused-ring (bicyclic) bond motifs is 1. The molecule has 0 radical (unpaired) electrons. The molecule has 0 aliphatic rings. The van der Waals surface area contributed by atoms with Gasteiger partial charge in [-0.15, -0.1) is 0 Å². The highest BCUT2D eigenvalue weighted by Gasteiger charge is 2.23. The lowest BCUT2D eigenvalue weighted by Gasteiger charge is -2.09. The SMILES string of the molecule is CCOc1ccc(NC(=O)c2oc3ccccc3c2NC(=O)c2ccccc2C)cc1. The molecule has 0 atom stereocenters. The molecular formula is C25H22N2O4. The molecule has 0 saturated heterocycles. The van der Waals surface area contributed by atoms with Gasteiger partial charge in [0.1, 0.15) is 17.0 Å². The molecule has 4 aromatic rings. The fraction of sp³-hybridized carbons (Fsp3) is 0.120. The Morgan fingerprint density at radius 1 is 0.871 bits per heavy atom. The van der Waals surface area contributed by atoms with E-state index in [2.05, 4.69) is 10.6 Å². The van der Waals surface area contributed by atoms with Crippen molar-refractivity contribution in [2.24, 2.45) is 0 Å². The van der Waals surface area contributed by atoms with Crippen LogP contribution in [0.2, 0.25) is 0 Å². The smallest absolute Gasteiger partial charge is 0.293 e. The van der Waals surface area contributed by atoms with Crippen LogP contribution in [0.3, 0.4) is 0 Å². The van der Waals surface area contributed by atoms with E-state index in [1.54, 1.807) is 48.5 Å². The maximum Gasteiger partial charge on any atom is 0.293 e. The van der Waals surface area contributed by atoms with Crippen molar-refractivity contribution in [3.63, 3.8) is 0 Å². The van der Waals surface area contributed by atoms with Gasteiger partial charge in [0, 0.05) is 16.6 Å². The monoisotopic (exact) mass is 414 g/mol. The van der Waals surface area contributed by atoms with Crippen molar-refractivity contribution in [2.45, 2.75) is 13.8 Å². The summed E-state index contributed by atoms with van der Waals surface area (Å²) in [5, 5.41) is 6.34. The molecule has 6 heteroatoms. The molecule has 0 saturated carbocycles. The zero-order valence-electron chi connectivity index (χ0n) is 17.3. The normalized spacial score (nSPS) is 10.6. The van der Waals surface area contributed by atoms with Crippen molar-refractivity contribution >= 4 is 34.2 Å². The summed E-state index contributed by atoms with van der Waals surface area (Å²) >= 11 is 0. The van der Waals surface area contributed by atoms with Crippen LogP contribution in [0.4, 0.5) is 11.4 Å². The quantitative estimate of drug-likeness (QED) is 0.428. The van der Waals surface area contributed by atoms with Gasteiger partial charge in [0.25, 0.3) is 11.8 Å². The topological polar surface area (TPSA) is 80.6 Å². The summed E-state index contributed by atoms with van der Waals surface area (Å²) in [6.45, 7) is 4.33. The molecule has 0 unspecified atom stereocenters. The lowest BCUT2D eigenvalue weighted by Crippen LogP contribution is -2.17. The van der Waals surface area contributed by atoms with Gasteiger partial charge in [-0.05, 0) is 61.9 Å². The van der Waals surface area contributed by atoms with E-state index in [0.717, 1.165) is 11.3 Å². The van der Waals surface area contributed by atoms with Crippen LogP contribution in [0.25, 0.3) is 11.0 Å². The summed E-state index contributed by atoms with van der Waals surface area (Å²) in [5.74, 6) is -0.00680. The van der Waals surface area contributed by atoms with E-state index in [1.165, 1.54) is 0 Å². The van der Waals surface area contributed by atoms with Gasteiger partial charge in [-0.3, -0.25) is 9.59 Å². The van der Waals surface area contributed by atoms with Crippen molar-refractivity contribution in [1.82, 2.24) is 0 Å². The molecule has 3 aromatic carbocycles. The summed E-state index contributed by atoms with van der Waals surface area (Å²) in [6, 6.07) is 21.5. The molecule has 0 aliphatic heterocycles. The van der Waals surface area contributed by atoms with E-state index in [0.29, 0.717) is 34.5 Å². The Hall–Kier alpha value is -4.06. The first-order valence-electron chi connectivity index (χ1n) is 9.99. The lowest BCUT2D eigenvalue weighted by molar-refractivity contribution is 0.0999. The molecule has 0 aliphatic carbocycles. The van der Waals surface area contributed by atoms with Gasteiger partial charge in [0.15, 0.2) is 0 Å². The first-order valence-corrected chi connectivity index (χ1v) is 9.99. The van der Waals surface area contributed by atoms with Crippen LogP contribution in [0.15, 0.2) is 77.2 Å². The van der Waals surface area contributed by atoms with E-state index in [4.69, 9.17) is 9.15 Å². The molecule has 31 heavy (non-hydrogen) atoms. The van der Waals surface area contributed by atoms with E-state index in [9.17, 15) is 9.59 Å². The predicted octanol–water partition coefficient (Wildman–Crippen LogP) is 5.64. The van der Waals surface area contributed by atoms with Gasteiger partial charge in [0.2, 0.25) is 5.76 Å². The zero-order valence-corrected chi connectivity index (χ0v) is 17.3. The van der Waals surface area contributed by atoms with Gasteiger partial charge in [0.05, 0.1) is 6.61 Å². The summed E-state index contributed by atoms with van der Waals surface area (Å²) < 4.78 is 11.2. The third-order valence-electron chi connectivity index (χ3n) is 4.85. The molecule has 0 fully saturated rings. The average Bonchev–Trinajstić information content (AvgIpc) is 3.14. The second-order valence-corrected chi connectivity index (χ2v) is 6.98. The number of aryl methyl sites for hydroxylation is 1. The van der Waals surface area contributed by atoms with Crippen molar-refractivity contribution < 1.29 is 18.7 Å². The van der Waals surface area contributed by atoms with Crippen molar-refractivity contribution in [1.29, 1.82) is 0 Å². The number of ether oxygens (including phenoxy) is 1. The minimum atomic E-state index is -0.458. The fourth-order valence-corrected chi connectivity index (χ4v) is 3.33. The van der Waals surface area contributed by atoms with E-state index in [1.807, 2.05) is 38.1 Å². The molecule has 0 spiro atoms. The minimum Gasteiger partial charge on any atom is -0.494 e. The molecule has 6 nitrogen and oxygen atoms in total. The predicted molar refractivity (Wildman–Crippen MR) is 121 cm³/mol. The number of benzene rings is 3. The Labute approximate surface area is 179 Å². The first kappa shape index (κ1) is 20.2. The van der Waals surface area contributed by atoms with Gasteiger partial charge < -0.3 is 19.8 Å². The number of anilines is 2. The third-order valence-corrected chi connectivity index (χ3v) is 4.85. The number of rotatable bonds is 6. The van der Waals surface area contributed by atoms with E-state index >= 15 is 0 Å². The molecular weight excluding hydrogens is 392 g/mol. The van der Waals surface area contributed by atoms with E-state index < -0.39 is 5.91 Å². The molecule has 156 valence electrons. The van der Waals surface area contributed by atoms with Crippen molar-refractivity contribution in [3.8, 4) is 5.75 Å². The Morgan fingerprint density at radius 2 is 1.58 bits per heavy atom. The Kier molecular flexibility index (Phi) is 5.71. The van der Waals surface area contributed by atoms with Crippen LogP contribution < -0.4 is 15.4 Å². The number of amides is 2. The molecule has 1 heterocycles. The number of carbonyl (C=O) groups excluding carboxylic acids is 2.